The van der Waals surface area contributed by atoms with E-state index in [2.05, 4.69) is 0 Å². The fourth-order valence-corrected chi connectivity index (χ4v) is 2.97. The van der Waals surface area contributed by atoms with E-state index in [4.69, 9.17) is 9.47 Å². The maximum absolute atomic E-state index is 13.0. The second-order valence-electron chi connectivity index (χ2n) is 5.70. The number of carbonyl (C=O) groups is 2. The first kappa shape index (κ1) is 16.1. The molecule has 3 rings (SSSR count). The highest BCUT2D eigenvalue weighted by molar-refractivity contribution is 6.07. The maximum atomic E-state index is 13.0. The molecule has 1 unspecified atom stereocenters. The van der Waals surface area contributed by atoms with Crippen molar-refractivity contribution in [2.75, 3.05) is 18.6 Å². The van der Waals surface area contributed by atoms with Gasteiger partial charge in [-0.15, -0.1) is 0 Å². The lowest BCUT2D eigenvalue weighted by molar-refractivity contribution is -0.141. The van der Waals surface area contributed by atoms with Crippen molar-refractivity contribution in [3.8, 4) is 5.75 Å². The summed E-state index contributed by atoms with van der Waals surface area (Å²) in [6.07, 6.45) is 0.623. The van der Waals surface area contributed by atoms with Gasteiger partial charge in [-0.2, -0.15) is 0 Å². The van der Waals surface area contributed by atoms with Crippen molar-refractivity contribution in [1.29, 1.82) is 0 Å². The fraction of sp³-hybridized carbons (Fsp3) is 0.263. The molecule has 2 aromatic rings. The van der Waals surface area contributed by atoms with Gasteiger partial charge in [-0.25, -0.2) is 0 Å². The van der Waals surface area contributed by atoms with Gasteiger partial charge in [-0.3, -0.25) is 9.59 Å². The molecule has 1 amide bonds. The predicted molar refractivity (Wildman–Crippen MR) is 90.4 cm³/mol. The molecule has 1 aliphatic rings. The number of hydrogen-bond acceptors (Lipinski definition) is 4. The Morgan fingerprint density at radius 3 is 2.58 bits per heavy atom. The topological polar surface area (TPSA) is 55.8 Å². The van der Waals surface area contributed by atoms with Crippen molar-refractivity contribution in [2.45, 2.75) is 19.4 Å². The van der Waals surface area contributed by atoms with Gasteiger partial charge >= 0.3 is 5.97 Å². The number of esters is 1. The molecule has 0 spiro atoms. The third-order valence-electron chi connectivity index (χ3n) is 4.09. The summed E-state index contributed by atoms with van der Waals surface area (Å²) < 4.78 is 10.4. The Morgan fingerprint density at radius 1 is 1.17 bits per heavy atom. The quantitative estimate of drug-likeness (QED) is 0.811. The largest absolute Gasteiger partial charge is 0.497 e. The first-order valence-corrected chi connectivity index (χ1v) is 7.79. The van der Waals surface area contributed by atoms with Gasteiger partial charge in [0.15, 0.2) is 0 Å². The number of benzene rings is 2. The molecular formula is C19H19NO4. The van der Waals surface area contributed by atoms with Crippen LogP contribution in [-0.2, 0) is 16.0 Å². The summed E-state index contributed by atoms with van der Waals surface area (Å²) >= 11 is 0. The lowest BCUT2D eigenvalue weighted by Crippen LogP contribution is -2.41. The number of fused-ring (bicyclic) bond motifs is 1. The fourth-order valence-electron chi connectivity index (χ4n) is 2.97. The molecule has 0 fully saturated rings. The summed E-state index contributed by atoms with van der Waals surface area (Å²) in [7, 11) is 1.61. The lowest BCUT2D eigenvalue weighted by Gasteiger charge is -2.25. The molecule has 0 aromatic heterocycles. The summed E-state index contributed by atoms with van der Waals surface area (Å²) in [5.74, 6) is 0.293. The Bertz CT molecular complexity index is 757. The monoisotopic (exact) mass is 325 g/mol. The molecule has 5 nitrogen and oxygen atoms in total. The van der Waals surface area contributed by atoms with Gasteiger partial charge in [0.1, 0.15) is 12.4 Å². The molecule has 0 radical (unpaired) electrons. The first-order valence-electron chi connectivity index (χ1n) is 7.79. The van der Waals surface area contributed by atoms with Crippen LogP contribution in [0.3, 0.4) is 0 Å². The van der Waals surface area contributed by atoms with Crippen molar-refractivity contribution < 1.29 is 19.1 Å². The van der Waals surface area contributed by atoms with Crippen LogP contribution in [0, 0.1) is 0 Å². The van der Waals surface area contributed by atoms with E-state index in [0.29, 0.717) is 12.0 Å². The smallest absolute Gasteiger partial charge is 0.302 e. The minimum atomic E-state index is -0.351. The Kier molecular flexibility index (Phi) is 4.51. The normalized spacial score (nSPS) is 15.8. The van der Waals surface area contributed by atoms with Crippen LogP contribution < -0.4 is 9.64 Å². The van der Waals surface area contributed by atoms with Crippen molar-refractivity contribution in [2.24, 2.45) is 0 Å². The SMILES string of the molecule is COc1ccc2c(c1)CC(COC(C)=O)N2C(=O)c1ccccc1. The highest BCUT2D eigenvalue weighted by atomic mass is 16.5. The van der Waals surface area contributed by atoms with Gasteiger partial charge in [0, 0.05) is 18.2 Å². The van der Waals surface area contributed by atoms with Gasteiger partial charge in [0.25, 0.3) is 5.91 Å². The zero-order chi connectivity index (χ0) is 17.1. The third-order valence-corrected chi connectivity index (χ3v) is 4.09. The molecule has 2 aromatic carbocycles. The van der Waals surface area contributed by atoms with Gasteiger partial charge < -0.3 is 14.4 Å². The Hall–Kier alpha value is -2.82. The highest BCUT2D eigenvalue weighted by Gasteiger charge is 2.35. The van der Waals surface area contributed by atoms with Gasteiger partial charge in [-0.1, -0.05) is 18.2 Å². The van der Waals surface area contributed by atoms with E-state index in [1.165, 1.54) is 6.92 Å². The predicted octanol–water partition coefficient (Wildman–Crippen LogP) is 2.83. The lowest BCUT2D eigenvalue weighted by atomic mass is 10.1. The van der Waals surface area contributed by atoms with Crippen LogP contribution in [0.15, 0.2) is 48.5 Å². The Morgan fingerprint density at radius 2 is 1.92 bits per heavy atom. The summed E-state index contributed by atoms with van der Waals surface area (Å²) in [6, 6.07) is 14.5. The number of carbonyl (C=O) groups excluding carboxylic acids is 2. The van der Waals surface area contributed by atoms with Crippen molar-refractivity contribution in [3.05, 3.63) is 59.7 Å². The Labute approximate surface area is 140 Å². The molecule has 0 saturated carbocycles. The number of amides is 1. The van der Waals surface area contributed by atoms with E-state index >= 15 is 0 Å². The zero-order valence-electron chi connectivity index (χ0n) is 13.7. The molecule has 124 valence electrons. The third kappa shape index (κ3) is 3.11. The number of rotatable bonds is 4. The van der Waals surface area contributed by atoms with E-state index in [0.717, 1.165) is 17.0 Å². The van der Waals surface area contributed by atoms with Gasteiger partial charge in [0.05, 0.1) is 13.2 Å². The number of anilines is 1. The molecule has 1 atom stereocenters. The summed E-state index contributed by atoms with van der Waals surface area (Å²) in [6.45, 7) is 1.54. The molecule has 1 aliphatic heterocycles. The minimum absolute atomic E-state index is 0.100. The zero-order valence-corrected chi connectivity index (χ0v) is 13.7. The van der Waals surface area contributed by atoms with Gasteiger partial charge in [0.2, 0.25) is 0 Å². The van der Waals surface area contributed by atoms with Crippen LogP contribution in [0.4, 0.5) is 5.69 Å². The van der Waals surface area contributed by atoms with Crippen LogP contribution in [0.2, 0.25) is 0 Å². The maximum Gasteiger partial charge on any atom is 0.302 e. The first-order chi connectivity index (χ1) is 11.6. The minimum Gasteiger partial charge on any atom is -0.497 e. The second-order valence-corrected chi connectivity index (χ2v) is 5.70. The molecule has 24 heavy (non-hydrogen) atoms. The molecule has 0 bridgehead atoms. The standard InChI is InChI=1S/C19H19NO4/c1-13(21)24-12-16-10-15-11-17(23-2)8-9-18(15)20(16)19(22)14-6-4-3-5-7-14/h3-9,11,16H,10,12H2,1-2H3. The molecule has 0 aliphatic carbocycles. The Balaban J connectivity index is 1.95. The average molecular weight is 325 g/mol. The van der Waals surface area contributed by atoms with Crippen LogP contribution in [0.5, 0.6) is 5.75 Å². The number of ether oxygens (including phenoxy) is 2. The summed E-state index contributed by atoms with van der Waals surface area (Å²) in [5.41, 5.74) is 2.45. The van der Waals surface area contributed by atoms with Crippen molar-refractivity contribution in [3.63, 3.8) is 0 Å². The van der Waals surface area contributed by atoms with Crippen LogP contribution >= 0.6 is 0 Å². The van der Waals surface area contributed by atoms with Crippen LogP contribution in [0.25, 0.3) is 0 Å². The van der Waals surface area contributed by atoms with Crippen molar-refractivity contribution in [1.82, 2.24) is 0 Å². The van der Waals surface area contributed by atoms with Crippen LogP contribution in [0.1, 0.15) is 22.8 Å². The molecule has 1 heterocycles. The van der Waals surface area contributed by atoms with E-state index < -0.39 is 0 Å². The summed E-state index contributed by atoms with van der Waals surface area (Å²) in [4.78, 5) is 25.9. The molecule has 0 saturated heterocycles. The number of methoxy groups -OCH3 is 1. The molecule has 5 heteroatoms. The van der Waals surface area contributed by atoms with E-state index in [1.54, 1.807) is 24.1 Å². The second kappa shape index (κ2) is 6.74. The van der Waals surface area contributed by atoms with Crippen molar-refractivity contribution >= 4 is 17.6 Å². The summed E-state index contributed by atoms with van der Waals surface area (Å²) in [5, 5.41) is 0. The number of nitrogens with zero attached hydrogens (tertiary/aromatic N) is 1. The van der Waals surface area contributed by atoms with Crippen LogP contribution in [-0.4, -0.2) is 31.6 Å². The average Bonchev–Trinajstić information content (AvgIpc) is 2.97. The molecule has 0 N–H and O–H groups in total. The van der Waals surface area contributed by atoms with E-state index in [1.807, 2.05) is 36.4 Å². The number of hydrogen-bond donors (Lipinski definition) is 0. The van der Waals surface area contributed by atoms with E-state index in [-0.39, 0.29) is 24.5 Å². The van der Waals surface area contributed by atoms with Gasteiger partial charge in [-0.05, 0) is 42.3 Å². The molecular weight excluding hydrogens is 306 g/mol. The van der Waals surface area contributed by atoms with E-state index in [9.17, 15) is 9.59 Å². The highest BCUT2D eigenvalue weighted by Crippen LogP contribution is 2.36.